The third-order valence-electron chi connectivity index (χ3n) is 3.46. The van der Waals surface area contributed by atoms with E-state index in [2.05, 4.69) is 42.6 Å². The molecule has 18 heavy (non-hydrogen) atoms. The van der Waals surface area contributed by atoms with Crippen LogP contribution < -0.4 is 5.32 Å². The maximum atomic E-state index is 5.63. The highest BCUT2D eigenvalue weighted by molar-refractivity contribution is 5.20. The van der Waals surface area contributed by atoms with Crippen LogP contribution in [0.3, 0.4) is 0 Å². The number of benzene rings is 1. The molecule has 100 valence electrons. The Morgan fingerprint density at radius 1 is 1.22 bits per heavy atom. The van der Waals surface area contributed by atoms with E-state index in [1.54, 1.807) is 0 Å². The van der Waals surface area contributed by atoms with Crippen molar-refractivity contribution in [3.8, 4) is 0 Å². The zero-order valence-corrected chi connectivity index (χ0v) is 11.4. The molecule has 0 amide bonds. The molecular weight excluding hydrogens is 222 g/mol. The molecule has 1 fully saturated rings. The fourth-order valence-electron chi connectivity index (χ4n) is 2.18. The Kier molecular flexibility index (Phi) is 5.69. The normalized spacial score (nSPS) is 16.7. The Bertz CT molecular complexity index is 321. The van der Waals surface area contributed by atoms with E-state index in [1.165, 1.54) is 18.4 Å². The predicted molar refractivity (Wildman–Crippen MR) is 75.9 cm³/mol. The van der Waals surface area contributed by atoms with Gasteiger partial charge in [0, 0.05) is 25.8 Å². The van der Waals surface area contributed by atoms with Crippen LogP contribution in [0.1, 0.15) is 44.1 Å². The van der Waals surface area contributed by atoms with Gasteiger partial charge < -0.3 is 10.1 Å². The summed E-state index contributed by atoms with van der Waals surface area (Å²) >= 11 is 0. The number of ether oxygens (including phenoxy) is 1. The smallest absolute Gasteiger partial charge is 0.0472 e. The SMILES string of the molecule is CCCOCCC(CNC1CC1)c1ccccc1. The Balaban J connectivity index is 1.81. The lowest BCUT2D eigenvalue weighted by Crippen LogP contribution is -2.24. The number of hydrogen-bond donors (Lipinski definition) is 1. The van der Waals surface area contributed by atoms with Crippen molar-refractivity contribution in [2.75, 3.05) is 19.8 Å². The molecule has 1 atom stereocenters. The summed E-state index contributed by atoms with van der Waals surface area (Å²) in [6.45, 7) is 5.00. The molecule has 1 unspecified atom stereocenters. The molecule has 2 rings (SSSR count). The summed E-state index contributed by atoms with van der Waals surface area (Å²) in [4.78, 5) is 0. The first-order valence-electron chi connectivity index (χ1n) is 7.26. The molecule has 1 aliphatic carbocycles. The zero-order chi connectivity index (χ0) is 12.6. The first-order valence-corrected chi connectivity index (χ1v) is 7.26. The number of rotatable bonds is 9. The van der Waals surface area contributed by atoms with Crippen molar-refractivity contribution < 1.29 is 4.74 Å². The van der Waals surface area contributed by atoms with Crippen LogP contribution in [0, 0.1) is 0 Å². The minimum Gasteiger partial charge on any atom is -0.381 e. The summed E-state index contributed by atoms with van der Waals surface area (Å²) in [5, 5.41) is 3.64. The van der Waals surface area contributed by atoms with Gasteiger partial charge in [0.25, 0.3) is 0 Å². The van der Waals surface area contributed by atoms with Crippen LogP contribution >= 0.6 is 0 Å². The lowest BCUT2D eigenvalue weighted by Gasteiger charge is -2.18. The maximum absolute atomic E-state index is 5.63. The van der Waals surface area contributed by atoms with Crippen molar-refractivity contribution >= 4 is 0 Å². The zero-order valence-electron chi connectivity index (χ0n) is 11.4. The van der Waals surface area contributed by atoms with Crippen LogP contribution in [0.4, 0.5) is 0 Å². The van der Waals surface area contributed by atoms with Gasteiger partial charge in [0.15, 0.2) is 0 Å². The Morgan fingerprint density at radius 2 is 2.00 bits per heavy atom. The van der Waals surface area contributed by atoms with E-state index in [0.717, 1.165) is 38.6 Å². The Morgan fingerprint density at radius 3 is 2.67 bits per heavy atom. The van der Waals surface area contributed by atoms with Crippen LogP contribution in [0.15, 0.2) is 30.3 Å². The topological polar surface area (TPSA) is 21.3 Å². The molecule has 1 aromatic rings. The van der Waals surface area contributed by atoms with Gasteiger partial charge in [-0.25, -0.2) is 0 Å². The average Bonchev–Trinajstić information content (AvgIpc) is 3.23. The lowest BCUT2D eigenvalue weighted by molar-refractivity contribution is 0.127. The van der Waals surface area contributed by atoms with Crippen molar-refractivity contribution in [3.63, 3.8) is 0 Å². The lowest BCUT2D eigenvalue weighted by atomic mass is 9.96. The van der Waals surface area contributed by atoms with Crippen molar-refractivity contribution in [1.82, 2.24) is 5.32 Å². The summed E-state index contributed by atoms with van der Waals surface area (Å²) in [6.07, 6.45) is 4.93. The van der Waals surface area contributed by atoms with Gasteiger partial charge in [-0.1, -0.05) is 37.3 Å². The molecule has 1 N–H and O–H groups in total. The fraction of sp³-hybridized carbons (Fsp3) is 0.625. The van der Waals surface area contributed by atoms with Crippen LogP contribution in [0.2, 0.25) is 0 Å². The van der Waals surface area contributed by atoms with E-state index in [1.807, 2.05) is 0 Å². The van der Waals surface area contributed by atoms with Crippen LogP contribution in [-0.2, 0) is 4.74 Å². The monoisotopic (exact) mass is 247 g/mol. The van der Waals surface area contributed by atoms with E-state index in [9.17, 15) is 0 Å². The highest BCUT2D eigenvalue weighted by Gasteiger charge is 2.22. The standard InChI is InChI=1S/C16H25NO/c1-2-11-18-12-10-15(13-17-16-8-9-16)14-6-4-3-5-7-14/h3-7,15-17H,2,8-13H2,1H3. The molecule has 0 aliphatic heterocycles. The van der Waals surface area contributed by atoms with Gasteiger partial charge in [-0.05, 0) is 37.2 Å². The highest BCUT2D eigenvalue weighted by Crippen LogP contribution is 2.23. The van der Waals surface area contributed by atoms with E-state index in [4.69, 9.17) is 4.74 Å². The summed E-state index contributed by atoms with van der Waals surface area (Å²) < 4.78 is 5.63. The van der Waals surface area contributed by atoms with Gasteiger partial charge >= 0.3 is 0 Å². The molecule has 0 saturated heterocycles. The molecule has 0 spiro atoms. The molecule has 0 aromatic heterocycles. The Labute approximate surface area is 111 Å². The fourth-order valence-corrected chi connectivity index (χ4v) is 2.18. The van der Waals surface area contributed by atoms with Crippen molar-refractivity contribution in [3.05, 3.63) is 35.9 Å². The maximum Gasteiger partial charge on any atom is 0.0472 e. The Hall–Kier alpha value is -0.860. The molecule has 0 heterocycles. The van der Waals surface area contributed by atoms with Gasteiger partial charge in [0.05, 0.1) is 0 Å². The predicted octanol–water partition coefficient (Wildman–Crippen LogP) is 3.34. The third-order valence-corrected chi connectivity index (χ3v) is 3.46. The van der Waals surface area contributed by atoms with E-state index in [0.29, 0.717) is 5.92 Å². The van der Waals surface area contributed by atoms with Crippen LogP contribution in [0.25, 0.3) is 0 Å². The molecule has 2 heteroatoms. The van der Waals surface area contributed by atoms with Crippen molar-refractivity contribution in [2.45, 2.75) is 44.6 Å². The van der Waals surface area contributed by atoms with E-state index >= 15 is 0 Å². The van der Waals surface area contributed by atoms with Crippen LogP contribution in [-0.4, -0.2) is 25.8 Å². The van der Waals surface area contributed by atoms with E-state index in [-0.39, 0.29) is 0 Å². The third kappa shape index (κ3) is 4.79. The van der Waals surface area contributed by atoms with Gasteiger partial charge in [-0.2, -0.15) is 0 Å². The molecule has 1 aliphatic rings. The molecule has 1 aromatic carbocycles. The van der Waals surface area contributed by atoms with Gasteiger partial charge in [0.2, 0.25) is 0 Å². The number of hydrogen-bond acceptors (Lipinski definition) is 2. The quantitative estimate of drug-likeness (QED) is 0.676. The number of nitrogens with one attached hydrogen (secondary N) is 1. The summed E-state index contributed by atoms with van der Waals surface area (Å²) in [7, 11) is 0. The summed E-state index contributed by atoms with van der Waals surface area (Å²) in [5.74, 6) is 0.587. The van der Waals surface area contributed by atoms with Gasteiger partial charge in [0.1, 0.15) is 0 Å². The summed E-state index contributed by atoms with van der Waals surface area (Å²) in [5.41, 5.74) is 1.44. The molecule has 0 bridgehead atoms. The van der Waals surface area contributed by atoms with E-state index < -0.39 is 0 Å². The van der Waals surface area contributed by atoms with Gasteiger partial charge in [-0.3, -0.25) is 0 Å². The largest absolute Gasteiger partial charge is 0.381 e. The van der Waals surface area contributed by atoms with Crippen LogP contribution in [0.5, 0.6) is 0 Å². The molecule has 1 saturated carbocycles. The first-order chi connectivity index (χ1) is 8.90. The first kappa shape index (κ1) is 13.6. The highest BCUT2D eigenvalue weighted by atomic mass is 16.5. The summed E-state index contributed by atoms with van der Waals surface area (Å²) in [6, 6.07) is 11.6. The molecular formula is C16H25NO. The van der Waals surface area contributed by atoms with Gasteiger partial charge in [-0.15, -0.1) is 0 Å². The minimum absolute atomic E-state index is 0.587. The van der Waals surface area contributed by atoms with Crippen molar-refractivity contribution in [2.24, 2.45) is 0 Å². The second-order valence-corrected chi connectivity index (χ2v) is 5.19. The minimum atomic E-state index is 0.587. The van der Waals surface area contributed by atoms with Crippen molar-refractivity contribution in [1.29, 1.82) is 0 Å². The molecule has 0 radical (unpaired) electrons. The average molecular weight is 247 g/mol. The second-order valence-electron chi connectivity index (χ2n) is 5.19. The molecule has 2 nitrogen and oxygen atoms in total. The second kappa shape index (κ2) is 7.55.